The van der Waals surface area contributed by atoms with Crippen molar-refractivity contribution in [2.75, 3.05) is 13.1 Å². The van der Waals surface area contributed by atoms with E-state index < -0.39 is 0 Å². The van der Waals surface area contributed by atoms with E-state index in [0.29, 0.717) is 18.8 Å². The number of nitrogens with zero attached hydrogens (tertiary/aromatic N) is 3. The molecule has 0 saturated carbocycles. The van der Waals surface area contributed by atoms with Crippen LogP contribution in [0.15, 0.2) is 16.5 Å². The second-order valence-corrected chi connectivity index (χ2v) is 7.03. The van der Waals surface area contributed by atoms with Crippen molar-refractivity contribution in [1.82, 2.24) is 14.7 Å². The van der Waals surface area contributed by atoms with Crippen molar-refractivity contribution in [2.24, 2.45) is 12.8 Å². The van der Waals surface area contributed by atoms with Gasteiger partial charge in [-0.25, -0.2) is 0 Å². The van der Waals surface area contributed by atoms with Gasteiger partial charge in [-0.15, -0.1) is 0 Å². The lowest BCUT2D eigenvalue weighted by Gasteiger charge is -2.17. The van der Waals surface area contributed by atoms with E-state index in [1.54, 1.807) is 0 Å². The number of furan rings is 1. The monoisotopic (exact) mass is 328 g/mol. The second-order valence-electron chi connectivity index (χ2n) is 7.03. The van der Waals surface area contributed by atoms with Gasteiger partial charge in [-0.05, 0) is 44.7 Å². The Kier molecular flexibility index (Phi) is 3.72. The molecule has 0 bridgehead atoms. The third-order valence-electron chi connectivity index (χ3n) is 5.35. The zero-order chi connectivity index (χ0) is 16.8. The van der Waals surface area contributed by atoms with E-state index in [9.17, 15) is 4.79 Å². The molecule has 3 heterocycles. The largest absolute Gasteiger partial charge is 0.466 e. The normalized spacial score (nSPS) is 23.5. The number of carbonyl (C=O) groups is 1. The number of fused-ring (bicyclic) bond motifs is 1. The van der Waals surface area contributed by atoms with Crippen LogP contribution in [0, 0.1) is 6.92 Å². The molecule has 2 aromatic heterocycles. The van der Waals surface area contributed by atoms with Gasteiger partial charge in [-0.1, -0.05) is 0 Å². The van der Waals surface area contributed by atoms with E-state index >= 15 is 0 Å². The molecule has 6 nitrogen and oxygen atoms in total. The zero-order valence-corrected chi connectivity index (χ0v) is 14.3. The molecule has 2 aromatic rings. The molecule has 6 heteroatoms. The number of hydrogen-bond donors (Lipinski definition) is 1. The van der Waals surface area contributed by atoms with Crippen LogP contribution >= 0.6 is 0 Å². The molecular weight excluding hydrogens is 304 g/mol. The molecule has 1 amide bonds. The van der Waals surface area contributed by atoms with Crippen LogP contribution in [0.2, 0.25) is 0 Å². The van der Waals surface area contributed by atoms with E-state index in [1.807, 2.05) is 35.7 Å². The summed E-state index contributed by atoms with van der Waals surface area (Å²) in [5, 5.41) is 4.52. The Morgan fingerprint density at radius 1 is 1.29 bits per heavy atom. The Bertz CT molecular complexity index is 776. The van der Waals surface area contributed by atoms with Crippen molar-refractivity contribution >= 4 is 5.91 Å². The summed E-state index contributed by atoms with van der Waals surface area (Å²) < 4.78 is 7.61. The van der Waals surface area contributed by atoms with Crippen LogP contribution in [-0.4, -0.2) is 39.7 Å². The van der Waals surface area contributed by atoms with Gasteiger partial charge < -0.3 is 15.1 Å². The Morgan fingerprint density at radius 2 is 2.08 bits per heavy atom. The van der Waals surface area contributed by atoms with E-state index in [4.69, 9.17) is 10.2 Å². The predicted molar refractivity (Wildman–Crippen MR) is 89.9 cm³/mol. The van der Waals surface area contributed by atoms with Crippen LogP contribution in [0.5, 0.6) is 0 Å². The van der Waals surface area contributed by atoms with Crippen LogP contribution in [0.4, 0.5) is 0 Å². The summed E-state index contributed by atoms with van der Waals surface area (Å²) in [5.41, 5.74) is 9.26. The number of rotatable bonds is 2. The number of nitrogens with two attached hydrogens (primary N) is 1. The minimum absolute atomic E-state index is 0.00924. The molecule has 128 valence electrons. The van der Waals surface area contributed by atoms with Gasteiger partial charge in [0.25, 0.3) is 5.91 Å². The highest BCUT2D eigenvalue weighted by Gasteiger charge is 2.38. The number of likely N-dealkylation sites (tertiary alicyclic amines) is 1. The minimum Gasteiger partial charge on any atom is -0.466 e. The van der Waals surface area contributed by atoms with Gasteiger partial charge in [-0.2, -0.15) is 5.10 Å². The maximum absolute atomic E-state index is 13.0. The van der Waals surface area contributed by atoms with E-state index in [-0.39, 0.29) is 17.9 Å². The van der Waals surface area contributed by atoms with Crippen molar-refractivity contribution in [3.8, 4) is 0 Å². The molecule has 24 heavy (non-hydrogen) atoms. The maximum atomic E-state index is 13.0. The number of carbonyl (C=O) groups excluding carboxylic acids is 1. The Morgan fingerprint density at radius 3 is 2.83 bits per heavy atom. The molecule has 0 unspecified atom stereocenters. The van der Waals surface area contributed by atoms with E-state index in [0.717, 1.165) is 36.3 Å². The summed E-state index contributed by atoms with van der Waals surface area (Å²) in [4.78, 5) is 14.9. The van der Waals surface area contributed by atoms with Crippen molar-refractivity contribution in [3.05, 3.63) is 40.6 Å². The fourth-order valence-corrected chi connectivity index (χ4v) is 4.04. The molecule has 0 spiro atoms. The quantitative estimate of drug-likeness (QED) is 0.911. The molecule has 1 aliphatic carbocycles. The van der Waals surface area contributed by atoms with Gasteiger partial charge in [-0.3, -0.25) is 9.48 Å². The first kappa shape index (κ1) is 15.4. The summed E-state index contributed by atoms with van der Waals surface area (Å²) in [6.07, 6.45) is 4.27. The zero-order valence-electron chi connectivity index (χ0n) is 14.3. The average molecular weight is 328 g/mol. The smallest absolute Gasteiger partial charge is 0.274 e. The predicted octanol–water partition coefficient (Wildman–Crippen LogP) is 1.77. The molecule has 2 aliphatic rings. The third kappa shape index (κ3) is 2.45. The molecular formula is C18H24N4O2. The van der Waals surface area contributed by atoms with Crippen LogP contribution in [0.3, 0.4) is 0 Å². The Balaban J connectivity index is 1.58. The molecule has 1 aliphatic heterocycles. The summed E-state index contributed by atoms with van der Waals surface area (Å²) in [6.45, 7) is 3.07. The van der Waals surface area contributed by atoms with E-state index in [1.165, 1.54) is 12.1 Å². The minimum atomic E-state index is -0.0981. The van der Waals surface area contributed by atoms with Crippen LogP contribution in [-0.2, 0) is 19.9 Å². The Labute approximate surface area is 141 Å². The molecule has 2 atom stereocenters. The standard InChI is InChI=1S/C18H24N4O2/c1-11-7-8-16(24-11)13-9-22(10-14(13)19)18(23)17-12-5-3-4-6-15(12)21(2)20-17/h7-8,13-14H,3-6,9-10,19H2,1-2H3/t13-,14-/m0/s1. The molecule has 1 saturated heterocycles. The number of amides is 1. The van der Waals surface area contributed by atoms with Gasteiger partial charge in [0.1, 0.15) is 11.5 Å². The van der Waals surface area contributed by atoms with Gasteiger partial charge in [0.05, 0.1) is 5.92 Å². The first-order chi connectivity index (χ1) is 11.5. The summed E-state index contributed by atoms with van der Waals surface area (Å²) in [6, 6.07) is 3.82. The first-order valence-electron chi connectivity index (χ1n) is 8.70. The maximum Gasteiger partial charge on any atom is 0.274 e. The topological polar surface area (TPSA) is 77.3 Å². The lowest BCUT2D eigenvalue weighted by Crippen LogP contribution is -2.33. The molecule has 1 fully saturated rings. The third-order valence-corrected chi connectivity index (χ3v) is 5.35. The fraction of sp³-hybridized carbons (Fsp3) is 0.556. The van der Waals surface area contributed by atoms with Crippen molar-refractivity contribution in [2.45, 2.75) is 44.6 Å². The van der Waals surface area contributed by atoms with Crippen LogP contribution in [0.25, 0.3) is 0 Å². The summed E-state index contributed by atoms with van der Waals surface area (Å²) in [5.74, 6) is 1.82. The Hall–Kier alpha value is -2.08. The van der Waals surface area contributed by atoms with Crippen molar-refractivity contribution in [3.63, 3.8) is 0 Å². The fourth-order valence-electron chi connectivity index (χ4n) is 4.04. The molecule has 4 rings (SSSR count). The van der Waals surface area contributed by atoms with Crippen LogP contribution in [0.1, 0.15) is 52.0 Å². The molecule has 0 aromatic carbocycles. The van der Waals surface area contributed by atoms with Gasteiger partial charge in [0.15, 0.2) is 5.69 Å². The van der Waals surface area contributed by atoms with Crippen molar-refractivity contribution < 1.29 is 9.21 Å². The van der Waals surface area contributed by atoms with Crippen LogP contribution < -0.4 is 5.73 Å². The number of aryl methyl sites for hydroxylation is 2. The SMILES string of the molecule is Cc1ccc([C@H]2CN(C(=O)c3nn(C)c4c3CCCC4)C[C@@H]2N)o1. The van der Waals surface area contributed by atoms with Gasteiger partial charge in [0, 0.05) is 37.4 Å². The van der Waals surface area contributed by atoms with Gasteiger partial charge >= 0.3 is 0 Å². The lowest BCUT2D eigenvalue weighted by molar-refractivity contribution is 0.0781. The van der Waals surface area contributed by atoms with Crippen molar-refractivity contribution in [1.29, 1.82) is 0 Å². The summed E-state index contributed by atoms with van der Waals surface area (Å²) >= 11 is 0. The summed E-state index contributed by atoms with van der Waals surface area (Å²) in [7, 11) is 1.94. The van der Waals surface area contributed by atoms with E-state index in [2.05, 4.69) is 5.10 Å². The highest BCUT2D eigenvalue weighted by Crippen LogP contribution is 2.30. The first-order valence-corrected chi connectivity index (χ1v) is 8.70. The second kappa shape index (κ2) is 5.77. The highest BCUT2D eigenvalue weighted by molar-refractivity contribution is 5.94. The molecule has 2 N–H and O–H groups in total. The molecule has 0 radical (unpaired) electrons. The number of aromatic nitrogens is 2. The average Bonchev–Trinajstić information content (AvgIpc) is 3.25. The van der Waals surface area contributed by atoms with Gasteiger partial charge in [0.2, 0.25) is 0 Å². The highest BCUT2D eigenvalue weighted by atomic mass is 16.3. The lowest BCUT2D eigenvalue weighted by atomic mass is 9.95. The number of hydrogen-bond acceptors (Lipinski definition) is 4.